The lowest BCUT2D eigenvalue weighted by Gasteiger charge is -2.37. The molecular formula is C17H26FNO4Si. The van der Waals surface area contributed by atoms with Crippen molar-refractivity contribution in [1.82, 2.24) is 0 Å². The van der Waals surface area contributed by atoms with Gasteiger partial charge in [0.25, 0.3) is 5.91 Å². The first kappa shape index (κ1) is 18.9. The molecule has 0 unspecified atom stereocenters. The molecule has 0 aliphatic carbocycles. The molecule has 7 heteroatoms. The van der Waals surface area contributed by atoms with Crippen molar-refractivity contribution in [3.05, 3.63) is 24.0 Å². The summed E-state index contributed by atoms with van der Waals surface area (Å²) in [5, 5.41) is 10.4. The molecule has 1 aromatic carbocycles. The smallest absolute Gasteiger partial charge is 0.265 e. The van der Waals surface area contributed by atoms with E-state index >= 15 is 0 Å². The molecule has 0 radical (unpaired) electrons. The van der Waals surface area contributed by atoms with Crippen LogP contribution in [0.4, 0.5) is 10.1 Å². The molecule has 2 rings (SSSR count). The Balaban J connectivity index is 2.04. The first-order valence-corrected chi connectivity index (χ1v) is 11.0. The molecule has 1 aliphatic heterocycles. The average molecular weight is 355 g/mol. The van der Waals surface area contributed by atoms with Crippen LogP contribution in [0.15, 0.2) is 18.2 Å². The van der Waals surface area contributed by atoms with Gasteiger partial charge in [-0.3, -0.25) is 4.79 Å². The predicted molar refractivity (Wildman–Crippen MR) is 93.4 cm³/mol. The van der Waals surface area contributed by atoms with E-state index in [1.807, 2.05) is 0 Å². The number of aliphatic hydroxyl groups excluding tert-OH is 1. The zero-order chi connectivity index (χ0) is 18.1. The van der Waals surface area contributed by atoms with E-state index in [0.717, 1.165) is 0 Å². The molecule has 1 heterocycles. The summed E-state index contributed by atoms with van der Waals surface area (Å²) in [5.74, 6) is -0.377. The molecule has 0 spiro atoms. The fourth-order valence-electron chi connectivity index (χ4n) is 2.16. The molecule has 5 nitrogen and oxygen atoms in total. The molecule has 0 saturated heterocycles. The summed E-state index contributed by atoms with van der Waals surface area (Å²) >= 11 is 0. The minimum Gasteiger partial charge on any atom is -0.481 e. The van der Waals surface area contributed by atoms with Crippen LogP contribution in [0.1, 0.15) is 20.8 Å². The van der Waals surface area contributed by atoms with Crippen LogP contribution in [0, 0.1) is 5.82 Å². The van der Waals surface area contributed by atoms with Crippen LogP contribution < -0.4 is 9.64 Å². The number of β-amino-alcohol motifs (C(OH)–C–C–N with tert-alkyl or cyclic N) is 1. The number of amides is 1. The second-order valence-corrected chi connectivity index (χ2v) is 12.4. The maximum absolute atomic E-state index is 13.3. The molecule has 0 saturated carbocycles. The molecule has 1 N–H and O–H groups in total. The summed E-state index contributed by atoms with van der Waals surface area (Å²) in [6, 6.07) is 4.00. The van der Waals surface area contributed by atoms with E-state index in [4.69, 9.17) is 9.16 Å². The quantitative estimate of drug-likeness (QED) is 0.825. The lowest BCUT2D eigenvalue weighted by atomic mass is 10.2. The number of hydrogen-bond donors (Lipinski definition) is 1. The van der Waals surface area contributed by atoms with Crippen LogP contribution in [0.5, 0.6) is 5.75 Å². The highest BCUT2D eigenvalue weighted by Crippen LogP contribution is 2.37. The Labute approximate surface area is 143 Å². The number of carbonyl (C=O) groups is 1. The SMILES string of the molecule is CC(C)(C)[Si](C)(C)OC[C@H](O)CN1C(=O)COc2cc(F)ccc21. The number of rotatable bonds is 5. The third-order valence-corrected chi connectivity index (χ3v) is 9.20. The molecule has 0 aromatic heterocycles. The third-order valence-electron chi connectivity index (χ3n) is 4.70. The van der Waals surface area contributed by atoms with Crippen molar-refractivity contribution in [1.29, 1.82) is 0 Å². The topological polar surface area (TPSA) is 59.0 Å². The number of halogens is 1. The summed E-state index contributed by atoms with van der Waals surface area (Å²) < 4.78 is 24.5. The monoisotopic (exact) mass is 355 g/mol. The number of fused-ring (bicyclic) bond motifs is 1. The summed E-state index contributed by atoms with van der Waals surface area (Å²) in [5.41, 5.74) is 0.471. The normalized spacial score (nSPS) is 16.6. The van der Waals surface area contributed by atoms with Gasteiger partial charge in [-0.1, -0.05) is 20.8 Å². The molecule has 134 valence electrons. The molecule has 1 amide bonds. The van der Waals surface area contributed by atoms with Gasteiger partial charge in [-0.2, -0.15) is 0 Å². The van der Waals surface area contributed by atoms with Gasteiger partial charge in [-0.25, -0.2) is 4.39 Å². The molecule has 0 fully saturated rings. The second-order valence-electron chi connectivity index (χ2n) is 7.63. The van der Waals surface area contributed by atoms with Gasteiger partial charge in [0, 0.05) is 6.07 Å². The van der Waals surface area contributed by atoms with Crippen LogP contribution in [0.25, 0.3) is 0 Å². The zero-order valence-corrected chi connectivity index (χ0v) is 15.9. The number of carbonyl (C=O) groups excluding carboxylic acids is 1. The van der Waals surface area contributed by atoms with Crippen molar-refractivity contribution < 1.29 is 23.5 Å². The molecule has 0 bridgehead atoms. The number of hydrogen-bond acceptors (Lipinski definition) is 4. The average Bonchev–Trinajstić information content (AvgIpc) is 2.47. The Morgan fingerprint density at radius 3 is 2.71 bits per heavy atom. The highest BCUT2D eigenvalue weighted by Gasteiger charge is 2.38. The van der Waals surface area contributed by atoms with Gasteiger partial charge in [0.15, 0.2) is 14.9 Å². The van der Waals surface area contributed by atoms with E-state index in [-0.39, 0.29) is 30.7 Å². The van der Waals surface area contributed by atoms with Crippen molar-refractivity contribution in [2.45, 2.75) is 45.0 Å². The van der Waals surface area contributed by atoms with Gasteiger partial charge >= 0.3 is 0 Å². The van der Waals surface area contributed by atoms with E-state index in [9.17, 15) is 14.3 Å². The number of nitrogens with zero attached hydrogens (tertiary/aromatic N) is 1. The Morgan fingerprint density at radius 2 is 2.08 bits per heavy atom. The van der Waals surface area contributed by atoms with Gasteiger partial charge in [-0.05, 0) is 30.3 Å². The van der Waals surface area contributed by atoms with Gasteiger partial charge < -0.3 is 19.2 Å². The van der Waals surface area contributed by atoms with E-state index in [1.165, 1.54) is 23.1 Å². The molecule has 1 aromatic rings. The fraction of sp³-hybridized carbons (Fsp3) is 0.588. The molecule has 24 heavy (non-hydrogen) atoms. The predicted octanol–water partition coefficient (Wildman–Crippen LogP) is 2.93. The van der Waals surface area contributed by atoms with Crippen molar-refractivity contribution >= 4 is 19.9 Å². The summed E-state index contributed by atoms with van der Waals surface area (Å²) in [4.78, 5) is 13.5. The van der Waals surface area contributed by atoms with Crippen LogP contribution >= 0.6 is 0 Å². The van der Waals surface area contributed by atoms with Crippen LogP contribution in [-0.2, 0) is 9.22 Å². The minimum atomic E-state index is -1.97. The zero-order valence-electron chi connectivity index (χ0n) is 14.9. The van der Waals surface area contributed by atoms with Crippen molar-refractivity contribution in [2.24, 2.45) is 0 Å². The van der Waals surface area contributed by atoms with Crippen molar-refractivity contribution in [2.75, 3.05) is 24.7 Å². The number of aliphatic hydroxyl groups is 1. The van der Waals surface area contributed by atoms with E-state index in [0.29, 0.717) is 11.4 Å². The van der Waals surface area contributed by atoms with Gasteiger partial charge in [0.1, 0.15) is 11.6 Å². The van der Waals surface area contributed by atoms with Crippen LogP contribution in [0.3, 0.4) is 0 Å². The Morgan fingerprint density at radius 1 is 1.42 bits per heavy atom. The molecule has 1 atom stereocenters. The minimum absolute atomic E-state index is 0.0473. The first-order valence-electron chi connectivity index (χ1n) is 8.06. The lowest BCUT2D eigenvalue weighted by molar-refractivity contribution is -0.121. The molecular weight excluding hydrogens is 329 g/mol. The van der Waals surface area contributed by atoms with Crippen molar-refractivity contribution in [3.8, 4) is 5.75 Å². The van der Waals surface area contributed by atoms with Gasteiger partial charge in [-0.15, -0.1) is 0 Å². The highest BCUT2D eigenvalue weighted by molar-refractivity contribution is 6.74. The third kappa shape index (κ3) is 4.14. The maximum atomic E-state index is 13.3. The largest absolute Gasteiger partial charge is 0.481 e. The van der Waals surface area contributed by atoms with Gasteiger partial charge in [0.05, 0.1) is 24.9 Å². The Kier molecular flexibility index (Phi) is 5.36. The van der Waals surface area contributed by atoms with E-state index in [1.54, 1.807) is 0 Å². The number of ether oxygens (including phenoxy) is 1. The first-order chi connectivity index (χ1) is 11.0. The Hall–Kier alpha value is -1.44. The van der Waals surface area contributed by atoms with Crippen LogP contribution in [-0.4, -0.2) is 45.2 Å². The number of anilines is 1. The summed E-state index contributed by atoms with van der Waals surface area (Å²) in [7, 11) is -1.97. The van der Waals surface area contributed by atoms with Crippen molar-refractivity contribution in [3.63, 3.8) is 0 Å². The summed E-state index contributed by atoms with van der Waals surface area (Å²) in [6.07, 6.45) is -0.820. The second kappa shape index (κ2) is 6.82. The standard InChI is InChI=1S/C17H26FNO4Si/c1-17(2,3)24(4,5)23-10-13(20)9-19-14-7-6-12(18)8-15(14)22-11-16(19)21/h6-8,13,20H,9-11H2,1-5H3/t13-/m1/s1. The van der Waals surface area contributed by atoms with E-state index < -0.39 is 20.2 Å². The van der Waals surface area contributed by atoms with E-state index in [2.05, 4.69) is 33.9 Å². The van der Waals surface area contributed by atoms with Gasteiger partial charge in [0.2, 0.25) is 0 Å². The summed E-state index contributed by atoms with van der Waals surface area (Å²) in [6.45, 7) is 10.7. The molecule has 1 aliphatic rings. The number of benzene rings is 1. The fourth-order valence-corrected chi connectivity index (χ4v) is 3.21. The Bertz CT molecular complexity index is 615. The maximum Gasteiger partial charge on any atom is 0.265 e. The van der Waals surface area contributed by atoms with Crippen LogP contribution in [0.2, 0.25) is 18.1 Å². The highest BCUT2D eigenvalue weighted by atomic mass is 28.4. The lowest BCUT2D eigenvalue weighted by Crippen LogP contribution is -2.47.